The summed E-state index contributed by atoms with van der Waals surface area (Å²) in [6.07, 6.45) is 0.885. The van der Waals surface area contributed by atoms with E-state index in [1.165, 1.54) is 0 Å². The first-order valence-corrected chi connectivity index (χ1v) is 6.50. The summed E-state index contributed by atoms with van der Waals surface area (Å²) in [5, 5.41) is 8.51. The normalized spacial score (nSPS) is 10.0. The Hall–Kier alpha value is -1.88. The Bertz CT molecular complexity index is 432. The minimum Gasteiger partial charge on any atom is -0.352 e. The number of carbonyl (C=O) groups is 2. The van der Waals surface area contributed by atoms with E-state index in [-0.39, 0.29) is 11.8 Å². The van der Waals surface area contributed by atoms with Gasteiger partial charge in [0.25, 0.3) is 11.8 Å². The third kappa shape index (κ3) is 5.09. The van der Waals surface area contributed by atoms with Crippen molar-refractivity contribution in [3.8, 4) is 0 Å². The summed E-state index contributed by atoms with van der Waals surface area (Å²) in [4.78, 5) is 23.6. The van der Waals surface area contributed by atoms with Gasteiger partial charge in [0, 0.05) is 30.8 Å². The summed E-state index contributed by atoms with van der Waals surface area (Å²) >= 11 is 0. The van der Waals surface area contributed by atoms with E-state index in [2.05, 4.69) is 16.0 Å². The monoisotopic (exact) mass is 263 g/mol. The molecular formula is C14H21N3O2. The quantitative estimate of drug-likeness (QED) is 0.637. The molecule has 2 amide bonds. The lowest BCUT2D eigenvalue weighted by molar-refractivity contribution is 0.0953. The van der Waals surface area contributed by atoms with Crippen molar-refractivity contribution in [2.75, 3.05) is 26.7 Å². The molecule has 0 aliphatic heterocycles. The molecule has 0 heterocycles. The van der Waals surface area contributed by atoms with Gasteiger partial charge in [-0.1, -0.05) is 13.0 Å². The van der Waals surface area contributed by atoms with Crippen LogP contribution in [0, 0.1) is 0 Å². The van der Waals surface area contributed by atoms with E-state index in [0.29, 0.717) is 30.8 Å². The standard InChI is InChI=1S/C14H21N3O2/c1-3-7-16-13(18)11-5-4-6-12(10-11)14(19)17-9-8-15-2/h4-6,10,15H,3,7-9H2,1-2H3,(H,16,18)(H,17,19). The highest BCUT2D eigenvalue weighted by Crippen LogP contribution is 2.05. The Morgan fingerprint density at radius 1 is 1.00 bits per heavy atom. The van der Waals surface area contributed by atoms with Gasteiger partial charge in [0.1, 0.15) is 0 Å². The summed E-state index contributed by atoms with van der Waals surface area (Å²) in [5.74, 6) is -0.313. The lowest BCUT2D eigenvalue weighted by Crippen LogP contribution is -2.30. The molecule has 3 N–H and O–H groups in total. The lowest BCUT2D eigenvalue weighted by Gasteiger charge is -2.07. The maximum absolute atomic E-state index is 11.8. The first-order valence-electron chi connectivity index (χ1n) is 6.50. The predicted molar refractivity (Wildman–Crippen MR) is 75.3 cm³/mol. The number of rotatable bonds is 7. The topological polar surface area (TPSA) is 70.2 Å². The van der Waals surface area contributed by atoms with Crippen LogP contribution >= 0.6 is 0 Å². The van der Waals surface area contributed by atoms with Gasteiger partial charge in [0.2, 0.25) is 0 Å². The van der Waals surface area contributed by atoms with E-state index in [1.807, 2.05) is 14.0 Å². The van der Waals surface area contributed by atoms with E-state index in [1.54, 1.807) is 24.3 Å². The summed E-state index contributed by atoms with van der Waals surface area (Å²) < 4.78 is 0. The highest BCUT2D eigenvalue weighted by atomic mass is 16.2. The number of hydrogen-bond donors (Lipinski definition) is 3. The van der Waals surface area contributed by atoms with Crippen molar-refractivity contribution in [3.63, 3.8) is 0 Å². The van der Waals surface area contributed by atoms with Crippen molar-refractivity contribution >= 4 is 11.8 Å². The smallest absolute Gasteiger partial charge is 0.251 e. The van der Waals surface area contributed by atoms with Crippen LogP contribution in [-0.2, 0) is 0 Å². The predicted octanol–water partition coefficient (Wildman–Crippen LogP) is 0.776. The van der Waals surface area contributed by atoms with E-state index in [0.717, 1.165) is 6.42 Å². The maximum Gasteiger partial charge on any atom is 0.251 e. The van der Waals surface area contributed by atoms with Gasteiger partial charge in [0.05, 0.1) is 0 Å². The van der Waals surface area contributed by atoms with E-state index < -0.39 is 0 Å². The van der Waals surface area contributed by atoms with E-state index in [9.17, 15) is 9.59 Å². The van der Waals surface area contributed by atoms with Crippen molar-refractivity contribution in [1.29, 1.82) is 0 Å². The zero-order chi connectivity index (χ0) is 14.1. The molecule has 0 radical (unpaired) electrons. The van der Waals surface area contributed by atoms with Gasteiger partial charge in [-0.05, 0) is 31.7 Å². The van der Waals surface area contributed by atoms with Crippen molar-refractivity contribution in [3.05, 3.63) is 35.4 Å². The first-order chi connectivity index (χ1) is 9.19. The van der Waals surface area contributed by atoms with Crippen molar-refractivity contribution in [1.82, 2.24) is 16.0 Å². The molecule has 0 fully saturated rings. The Labute approximate surface area is 113 Å². The third-order valence-corrected chi connectivity index (χ3v) is 2.58. The number of nitrogens with one attached hydrogen (secondary N) is 3. The van der Waals surface area contributed by atoms with Crippen molar-refractivity contribution in [2.45, 2.75) is 13.3 Å². The molecule has 5 nitrogen and oxygen atoms in total. The molecule has 0 aliphatic carbocycles. The number of benzene rings is 1. The van der Waals surface area contributed by atoms with Gasteiger partial charge in [-0.15, -0.1) is 0 Å². The van der Waals surface area contributed by atoms with Crippen LogP contribution in [-0.4, -0.2) is 38.5 Å². The van der Waals surface area contributed by atoms with E-state index in [4.69, 9.17) is 0 Å². The van der Waals surface area contributed by atoms with Crippen LogP contribution < -0.4 is 16.0 Å². The second-order valence-corrected chi connectivity index (χ2v) is 4.20. The fourth-order valence-electron chi connectivity index (χ4n) is 1.55. The van der Waals surface area contributed by atoms with Crippen LogP contribution in [0.3, 0.4) is 0 Å². The van der Waals surface area contributed by atoms with Crippen LogP contribution in [0.25, 0.3) is 0 Å². The Balaban J connectivity index is 2.65. The molecule has 19 heavy (non-hydrogen) atoms. The van der Waals surface area contributed by atoms with Crippen LogP contribution in [0.15, 0.2) is 24.3 Å². The summed E-state index contributed by atoms with van der Waals surface area (Å²) in [7, 11) is 1.82. The second kappa shape index (κ2) is 8.26. The Morgan fingerprint density at radius 3 is 2.11 bits per heavy atom. The number of likely N-dealkylation sites (N-methyl/N-ethyl adjacent to an activating group) is 1. The van der Waals surface area contributed by atoms with Gasteiger partial charge in [-0.25, -0.2) is 0 Å². The molecule has 0 atom stereocenters. The van der Waals surface area contributed by atoms with Crippen molar-refractivity contribution < 1.29 is 9.59 Å². The van der Waals surface area contributed by atoms with Gasteiger partial charge in [-0.2, -0.15) is 0 Å². The fraction of sp³-hybridized carbons (Fsp3) is 0.429. The average molecular weight is 263 g/mol. The number of amides is 2. The molecule has 1 aromatic carbocycles. The highest BCUT2D eigenvalue weighted by Gasteiger charge is 2.09. The van der Waals surface area contributed by atoms with Gasteiger partial charge in [0.15, 0.2) is 0 Å². The molecule has 0 saturated carbocycles. The molecule has 0 spiro atoms. The molecule has 5 heteroatoms. The van der Waals surface area contributed by atoms with Crippen LogP contribution in [0.5, 0.6) is 0 Å². The van der Waals surface area contributed by atoms with Crippen LogP contribution in [0.4, 0.5) is 0 Å². The minimum atomic E-state index is -0.166. The average Bonchev–Trinajstić information content (AvgIpc) is 2.45. The SMILES string of the molecule is CCCNC(=O)c1cccc(C(=O)NCCNC)c1. The number of carbonyl (C=O) groups excluding carboxylic acids is 2. The molecule has 104 valence electrons. The maximum atomic E-state index is 11.8. The Morgan fingerprint density at radius 2 is 1.58 bits per heavy atom. The van der Waals surface area contributed by atoms with Gasteiger partial charge >= 0.3 is 0 Å². The first kappa shape index (κ1) is 15.2. The van der Waals surface area contributed by atoms with Crippen LogP contribution in [0.1, 0.15) is 34.1 Å². The molecule has 0 bridgehead atoms. The van der Waals surface area contributed by atoms with Gasteiger partial charge < -0.3 is 16.0 Å². The molecule has 1 aromatic rings. The zero-order valence-corrected chi connectivity index (χ0v) is 11.5. The fourth-order valence-corrected chi connectivity index (χ4v) is 1.55. The molecule has 0 aliphatic rings. The highest BCUT2D eigenvalue weighted by molar-refractivity contribution is 5.99. The lowest BCUT2D eigenvalue weighted by atomic mass is 10.1. The molecule has 0 unspecified atom stereocenters. The summed E-state index contributed by atoms with van der Waals surface area (Å²) in [5.41, 5.74) is 1.01. The molecular weight excluding hydrogens is 242 g/mol. The summed E-state index contributed by atoms with van der Waals surface area (Å²) in [6.45, 7) is 3.90. The Kier molecular flexibility index (Phi) is 6.60. The summed E-state index contributed by atoms with van der Waals surface area (Å²) in [6, 6.07) is 6.73. The molecule has 0 aromatic heterocycles. The van der Waals surface area contributed by atoms with Crippen LogP contribution in [0.2, 0.25) is 0 Å². The third-order valence-electron chi connectivity index (χ3n) is 2.58. The minimum absolute atomic E-state index is 0.147. The second-order valence-electron chi connectivity index (χ2n) is 4.20. The molecule has 1 rings (SSSR count). The van der Waals surface area contributed by atoms with Crippen molar-refractivity contribution in [2.24, 2.45) is 0 Å². The van der Waals surface area contributed by atoms with E-state index >= 15 is 0 Å². The van der Waals surface area contributed by atoms with Gasteiger partial charge in [-0.3, -0.25) is 9.59 Å². The molecule has 0 saturated heterocycles. The zero-order valence-electron chi connectivity index (χ0n) is 11.5. The largest absolute Gasteiger partial charge is 0.352 e. The number of hydrogen-bond acceptors (Lipinski definition) is 3.